The Bertz CT molecular complexity index is 539. The monoisotopic (exact) mass is 370 g/mol. The predicted octanol–water partition coefficient (Wildman–Crippen LogP) is 3.11. The van der Waals surface area contributed by atoms with Gasteiger partial charge in [-0.15, -0.1) is 12.4 Å². The summed E-state index contributed by atoms with van der Waals surface area (Å²) in [5.41, 5.74) is 7.74. The van der Waals surface area contributed by atoms with Crippen molar-refractivity contribution in [3.8, 4) is 5.75 Å². The number of amides is 1. The van der Waals surface area contributed by atoms with Gasteiger partial charge in [-0.2, -0.15) is 0 Å². The molecule has 2 atom stereocenters. The summed E-state index contributed by atoms with van der Waals surface area (Å²) in [5, 5.41) is 2.96. The van der Waals surface area contributed by atoms with Gasteiger partial charge in [0.15, 0.2) is 0 Å². The molecule has 0 unspecified atom stereocenters. The van der Waals surface area contributed by atoms with E-state index in [0.29, 0.717) is 19.7 Å². The Morgan fingerprint density at radius 1 is 1.36 bits per heavy atom. The topological polar surface area (TPSA) is 73.6 Å². The quantitative estimate of drug-likeness (QED) is 0.655. The van der Waals surface area contributed by atoms with Gasteiger partial charge < -0.3 is 20.5 Å². The fourth-order valence-corrected chi connectivity index (χ4v) is 2.84. The first-order valence-electron chi connectivity index (χ1n) is 8.99. The van der Waals surface area contributed by atoms with Crippen molar-refractivity contribution in [1.29, 1.82) is 0 Å². The van der Waals surface area contributed by atoms with Crippen LogP contribution in [0.25, 0.3) is 0 Å². The van der Waals surface area contributed by atoms with Crippen LogP contribution in [0.4, 0.5) is 0 Å². The van der Waals surface area contributed by atoms with Crippen molar-refractivity contribution >= 4 is 18.3 Å². The second kappa shape index (κ2) is 11.3. The van der Waals surface area contributed by atoms with E-state index < -0.39 is 0 Å². The van der Waals surface area contributed by atoms with E-state index in [1.807, 2.05) is 25.1 Å². The van der Waals surface area contributed by atoms with Crippen molar-refractivity contribution in [1.82, 2.24) is 5.32 Å². The number of rotatable bonds is 9. The van der Waals surface area contributed by atoms with Gasteiger partial charge in [-0.1, -0.05) is 31.9 Å². The number of carbonyl (C=O) groups excluding carboxylic acids is 1. The highest BCUT2D eigenvalue weighted by Gasteiger charge is 2.29. The maximum atomic E-state index is 12.2. The average Bonchev–Trinajstić information content (AvgIpc) is 3.07. The maximum Gasteiger partial charge on any atom is 0.249 e. The molecule has 1 aliphatic rings. The van der Waals surface area contributed by atoms with Crippen LogP contribution in [0.2, 0.25) is 0 Å². The van der Waals surface area contributed by atoms with E-state index >= 15 is 0 Å². The smallest absolute Gasteiger partial charge is 0.249 e. The van der Waals surface area contributed by atoms with Crippen LogP contribution in [-0.2, 0) is 16.1 Å². The summed E-state index contributed by atoms with van der Waals surface area (Å²) in [7, 11) is 0. The van der Waals surface area contributed by atoms with Crippen LogP contribution >= 0.6 is 12.4 Å². The highest BCUT2D eigenvalue weighted by molar-refractivity contribution is 5.85. The Kier molecular flexibility index (Phi) is 9.86. The fraction of sp³-hybridized carbons (Fsp3) is 0.632. The van der Waals surface area contributed by atoms with E-state index in [0.717, 1.165) is 36.1 Å². The third-order valence-corrected chi connectivity index (χ3v) is 4.34. The van der Waals surface area contributed by atoms with Crippen molar-refractivity contribution in [3.05, 3.63) is 29.3 Å². The van der Waals surface area contributed by atoms with Crippen molar-refractivity contribution < 1.29 is 14.3 Å². The molecule has 1 aromatic rings. The van der Waals surface area contributed by atoms with E-state index in [9.17, 15) is 4.79 Å². The van der Waals surface area contributed by atoms with Gasteiger partial charge in [0, 0.05) is 18.7 Å². The lowest BCUT2D eigenvalue weighted by Crippen LogP contribution is -2.35. The molecule has 1 aliphatic heterocycles. The normalized spacial score (nSPS) is 19.3. The zero-order valence-corrected chi connectivity index (χ0v) is 16.1. The third-order valence-electron chi connectivity index (χ3n) is 4.34. The number of nitrogens with two attached hydrogens (primary N) is 1. The zero-order valence-electron chi connectivity index (χ0n) is 15.3. The van der Waals surface area contributed by atoms with Crippen LogP contribution in [0.15, 0.2) is 18.2 Å². The first-order valence-corrected chi connectivity index (χ1v) is 8.99. The van der Waals surface area contributed by atoms with Crippen LogP contribution in [0, 0.1) is 6.92 Å². The van der Waals surface area contributed by atoms with Gasteiger partial charge in [0.05, 0.1) is 12.7 Å². The molecule has 0 bridgehead atoms. The lowest BCUT2D eigenvalue weighted by atomic mass is 10.1. The molecule has 2 rings (SSSR count). The molecule has 6 heteroatoms. The fourth-order valence-electron chi connectivity index (χ4n) is 2.84. The molecule has 1 saturated heterocycles. The first kappa shape index (κ1) is 21.7. The lowest BCUT2D eigenvalue weighted by Gasteiger charge is -2.15. The van der Waals surface area contributed by atoms with E-state index in [2.05, 4.69) is 12.2 Å². The van der Waals surface area contributed by atoms with Crippen LogP contribution in [-0.4, -0.2) is 31.3 Å². The van der Waals surface area contributed by atoms with Crippen LogP contribution in [0.5, 0.6) is 5.75 Å². The Morgan fingerprint density at radius 2 is 2.16 bits per heavy atom. The second-order valence-corrected chi connectivity index (χ2v) is 6.44. The molecule has 1 amide bonds. The van der Waals surface area contributed by atoms with Crippen LogP contribution in [0.1, 0.15) is 50.2 Å². The number of hydrogen-bond acceptors (Lipinski definition) is 4. The molecule has 3 N–H and O–H groups in total. The summed E-state index contributed by atoms with van der Waals surface area (Å²) in [5.74, 6) is 0.794. The Labute approximate surface area is 157 Å². The second-order valence-electron chi connectivity index (χ2n) is 6.44. The molecule has 1 fully saturated rings. The third kappa shape index (κ3) is 6.84. The SMILES string of the molecule is CCCCCOc1cc(C)ccc1CNC(=O)[C@@H]1CC[C@H](CN)O1.Cl. The van der Waals surface area contributed by atoms with Crippen LogP contribution in [0.3, 0.4) is 0 Å². The molecule has 0 radical (unpaired) electrons. The largest absolute Gasteiger partial charge is 0.493 e. The van der Waals surface area contributed by atoms with Gasteiger partial charge >= 0.3 is 0 Å². The molecule has 5 nitrogen and oxygen atoms in total. The number of halogens is 1. The molecule has 0 saturated carbocycles. The maximum absolute atomic E-state index is 12.2. The standard InChI is InChI=1S/C19H30N2O3.ClH/c1-3-4-5-10-23-18-11-14(2)6-7-15(18)13-21-19(22)17-9-8-16(12-20)24-17;/h6-7,11,16-17H,3-5,8-10,12-13,20H2,1-2H3,(H,21,22);1H/t16-,17+;/m1./s1. The summed E-state index contributed by atoms with van der Waals surface area (Å²) in [6.45, 7) is 5.85. The molecular formula is C19H31ClN2O3. The molecule has 0 spiro atoms. The van der Waals surface area contributed by atoms with Gasteiger partial charge in [0.2, 0.25) is 5.91 Å². The average molecular weight is 371 g/mol. The van der Waals surface area contributed by atoms with Gasteiger partial charge in [-0.05, 0) is 37.8 Å². The summed E-state index contributed by atoms with van der Waals surface area (Å²) >= 11 is 0. The predicted molar refractivity (Wildman–Crippen MR) is 102 cm³/mol. The summed E-state index contributed by atoms with van der Waals surface area (Å²) in [6.07, 6.45) is 4.61. The number of aryl methyl sites for hydroxylation is 1. The number of ether oxygens (including phenoxy) is 2. The van der Waals surface area contributed by atoms with Crippen molar-refractivity contribution in [3.63, 3.8) is 0 Å². The highest BCUT2D eigenvalue weighted by Crippen LogP contribution is 2.22. The van der Waals surface area contributed by atoms with E-state index in [-0.39, 0.29) is 30.5 Å². The van der Waals surface area contributed by atoms with Crippen molar-refractivity contribution in [2.45, 2.75) is 64.7 Å². The summed E-state index contributed by atoms with van der Waals surface area (Å²) in [6, 6.07) is 6.09. The van der Waals surface area contributed by atoms with Crippen molar-refractivity contribution in [2.24, 2.45) is 5.73 Å². The molecule has 1 aromatic carbocycles. The minimum atomic E-state index is -0.377. The van der Waals surface area contributed by atoms with E-state index in [1.165, 1.54) is 12.8 Å². The number of carbonyl (C=O) groups is 1. The summed E-state index contributed by atoms with van der Waals surface area (Å²) in [4.78, 5) is 12.2. The highest BCUT2D eigenvalue weighted by atomic mass is 35.5. The number of unbranched alkanes of at least 4 members (excludes halogenated alkanes) is 2. The lowest BCUT2D eigenvalue weighted by molar-refractivity contribution is -0.132. The molecule has 142 valence electrons. The molecule has 0 aliphatic carbocycles. The van der Waals surface area contributed by atoms with Gasteiger partial charge in [0.25, 0.3) is 0 Å². The molecule has 1 heterocycles. The Morgan fingerprint density at radius 3 is 2.84 bits per heavy atom. The zero-order chi connectivity index (χ0) is 17.4. The Hall–Kier alpha value is -1.30. The van der Waals surface area contributed by atoms with E-state index in [1.54, 1.807) is 0 Å². The number of benzene rings is 1. The van der Waals surface area contributed by atoms with Crippen LogP contribution < -0.4 is 15.8 Å². The number of hydrogen-bond donors (Lipinski definition) is 2. The Balaban J connectivity index is 0.00000312. The molecular weight excluding hydrogens is 340 g/mol. The van der Waals surface area contributed by atoms with E-state index in [4.69, 9.17) is 15.2 Å². The first-order chi connectivity index (χ1) is 11.6. The summed E-state index contributed by atoms with van der Waals surface area (Å²) < 4.78 is 11.5. The van der Waals surface area contributed by atoms with Gasteiger partial charge in [-0.3, -0.25) is 4.79 Å². The van der Waals surface area contributed by atoms with Gasteiger partial charge in [0.1, 0.15) is 11.9 Å². The minimum absolute atomic E-state index is 0. The number of nitrogens with one attached hydrogen (secondary N) is 1. The molecule has 0 aromatic heterocycles. The van der Waals surface area contributed by atoms with Gasteiger partial charge in [-0.25, -0.2) is 0 Å². The minimum Gasteiger partial charge on any atom is -0.493 e. The molecule has 25 heavy (non-hydrogen) atoms. The van der Waals surface area contributed by atoms with Crippen molar-refractivity contribution in [2.75, 3.05) is 13.2 Å².